The number of rotatable bonds is 5. The average molecular weight is 329 g/mol. The Balaban J connectivity index is 1.61. The molecule has 1 aromatic carbocycles. The summed E-state index contributed by atoms with van der Waals surface area (Å²) in [6.07, 6.45) is 1.53. The summed E-state index contributed by atoms with van der Waals surface area (Å²) in [5, 5.41) is 10.6. The van der Waals surface area contributed by atoms with Gasteiger partial charge >= 0.3 is 0 Å². The number of hydrogen-bond acceptors (Lipinski definition) is 6. The summed E-state index contributed by atoms with van der Waals surface area (Å²) in [5.41, 5.74) is 1.90. The Morgan fingerprint density at radius 1 is 1.22 bits per heavy atom. The number of aromatic nitrogens is 2. The molecule has 1 atom stereocenters. The zero-order valence-corrected chi connectivity index (χ0v) is 13.5. The highest BCUT2D eigenvalue weighted by atomic mass is 32.2. The fraction of sp³-hybridized carbons (Fsp3) is 0.188. The summed E-state index contributed by atoms with van der Waals surface area (Å²) >= 11 is 1.20. The molecule has 6 nitrogen and oxygen atoms in total. The van der Waals surface area contributed by atoms with Crippen molar-refractivity contribution in [1.82, 2.24) is 10.2 Å². The summed E-state index contributed by atoms with van der Waals surface area (Å²) in [7, 11) is 0. The average Bonchev–Trinajstić information content (AvgIpc) is 3.20. The van der Waals surface area contributed by atoms with Crippen molar-refractivity contribution in [2.45, 2.75) is 24.3 Å². The van der Waals surface area contributed by atoms with E-state index in [4.69, 9.17) is 8.83 Å². The molecule has 23 heavy (non-hydrogen) atoms. The quantitative estimate of drug-likeness (QED) is 0.718. The van der Waals surface area contributed by atoms with Crippen LogP contribution in [0, 0.1) is 6.92 Å². The summed E-state index contributed by atoms with van der Waals surface area (Å²) in [6, 6.07) is 11.1. The van der Waals surface area contributed by atoms with Crippen molar-refractivity contribution in [3.05, 3.63) is 48.2 Å². The number of carbonyl (C=O) groups is 1. The lowest BCUT2D eigenvalue weighted by Gasteiger charge is -2.09. The van der Waals surface area contributed by atoms with E-state index in [0.717, 1.165) is 11.3 Å². The van der Waals surface area contributed by atoms with E-state index in [1.54, 1.807) is 19.1 Å². The van der Waals surface area contributed by atoms with Crippen molar-refractivity contribution in [3.63, 3.8) is 0 Å². The molecule has 0 aliphatic rings. The third-order valence-corrected chi connectivity index (χ3v) is 4.04. The first-order valence-electron chi connectivity index (χ1n) is 7.03. The lowest BCUT2D eigenvalue weighted by molar-refractivity contribution is -0.115. The van der Waals surface area contributed by atoms with Crippen LogP contribution in [0.1, 0.15) is 12.5 Å². The number of benzene rings is 1. The number of carbonyl (C=O) groups excluding carboxylic acids is 1. The van der Waals surface area contributed by atoms with E-state index in [-0.39, 0.29) is 11.2 Å². The van der Waals surface area contributed by atoms with E-state index in [0.29, 0.717) is 16.9 Å². The Bertz CT molecular complexity index is 781. The van der Waals surface area contributed by atoms with E-state index in [9.17, 15) is 4.79 Å². The summed E-state index contributed by atoms with van der Waals surface area (Å²) in [6.45, 7) is 3.78. The Kier molecular flexibility index (Phi) is 4.47. The van der Waals surface area contributed by atoms with Crippen LogP contribution in [-0.4, -0.2) is 21.4 Å². The predicted octanol–water partition coefficient (Wildman–Crippen LogP) is 3.76. The molecular weight excluding hydrogens is 314 g/mol. The van der Waals surface area contributed by atoms with Crippen molar-refractivity contribution in [2.75, 3.05) is 5.32 Å². The summed E-state index contributed by atoms with van der Waals surface area (Å²) in [4.78, 5) is 12.2. The zero-order chi connectivity index (χ0) is 16.2. The van der Waals surface area contributed by atoms with Crippen molar-refractivity contribution < 1.29 is 13.6 Å². The van der Waals surface area contributed by atoms with Crippen LogP contribution in [0.25, 0.3) is 11.7 Å². The molecule has 0 saturated carbocycles. The number of hydrogen-bond donors (Lipinski definition) is 1. The van der Waals surface area contributed by atoms with E-state index in [1.165, 1.54) is 18.0 Å². The van der Waals surface area contributed by atoms with Crippen LogP contribution in [0.2, 0.25) is 0 Å². The molecule has 0 aliphatic heterocycles. The van der Waals surface area contributed by atoms with Gasteiger partial charge < -0.3 is 14.2 Å². The molecule has 0 spiro atoms. The molecule has 7 heteroatoms. The first-order chi connectivity index (χ1) is 11.1. The highest BCUT2D eigenvalue weighted by Crippen LogP contribution is 2.26. The minimum absolute atomic E-state index is 0.128. The minimum Gasteiger partial charge on any atom is -0.459 e. The molecule has 0 unspecified atom stereocenters. The number of thioether (sulfide) groups is 1. The SMILES string of the molecule is Cc1ccc(NC(=O)[C@@H](C)Sc2nnc(-c3ccco3)o2)cc1. The predicted molar refractivity (Wildman–Crippen MR) is 87.1 cm³/mol. The van der Waals surface area contributed by atoms with E-state index < -0.39 is 0 Å². The molecule has 0 fully saturated rings. The van der Waals surface area contributed by atoms with Crippen molar-refractivity contribution in [2.24, 2.45) is 0 Å². The van der Waals surface area contributed by atoms with Crippen LogP contribution in [0.4, 0.5) is 5.69 Å². The van der Waals surface area contributed by atoms with Gasteiger partial charge in [0.2, 0.25) is 5.91 Å². The number of amides is 1. The minimum atomic E-state index is -0.374. The molecule has 1 N–H and O–H groups in total. The molecule has 0 radical (unpaired) electrons. The Morgan fingerprint density at radius 2 is 2.00 bits per heavy atom. The van der Waals surface area contributed by atoms with Crippen molar-refractivity contribution in [3.8, 4) is 11.7 Å². The van der Waals surface area contributed by atoms with Crippen LogP contribution >= 0.6 is 11.8 Å². The number of furan rings is 1. The number of aryl methyl sites for hydroxylation is 1. The van der Waals surface area contributed by atoms with Gasteiger partial charge in [-0.15, -0.1) is 10.2 Å². The lowest BCUT2D eigenvalue weighted by atomic mass is 10.2. The zero-order valence-electron chi connectivity index (χ0n) is 12.6. The first-order valence-corrected chi connectivity index (χ1v) is 7.91. The third-order valence-electron chi connectivity index (χ3n) is 3.10. The number of nitrogens with one attached hydrogen (secondary N) is 1. The van der Waals surface area contributed by atoms with Gasteiger partial charge in [-0.2, -0.15) is 0 Å². The Hall–Kier alpha value is -2.54. The normalized spacial score (nSPS) is 12.1. The standard InChI is InChI=1S/C16H15N3O3S/c1-10-5-7-12(8-6-10)17-14(20)11(2)23-16-19-18-15(22-16)13-4-3-9-21-13/h3-9,11H,1-2H3,(H,17,20)/t11-/m1/s1. The maximum Gasteiger partial charge on any atom is 0.284 e. The molecule has 2 heterocycles. The largest absolute Gasteiger partial charge is 0.459 e. The molecule has 118 valence electrons. The molecule has 0 bridgehead atoms. The molecule has 0 aliphatic carbocycles. The van der Waals surface area contributed by atoms with E-state index in [1.807, 2.05) is 31.2 Å². The van der Waals surface area contributed by atoms with Gasteiger partial charge in [0.1, 0.15) is 0 Å². The summed E-state index contributed by atoms with van der Waals surface area (Å²) < 4.78 is 10.7. The van der Waals surface area contributed by atoms with Gasteiger partial charge in [0.05, 0.1) is 11.5 Å². The van der Waals surface area contributed by atoms with E-state index in [2.05, 4.69) is 15.5 Å². The third kappa shape index (κ3) is 3.81. The molecular formula is C16H15N3O3S. The molecule has 2 aromatic heterocycles. The van der Waals surface area contributed by atoms with Gasteiger partial charge in [-0.05, 0) is 38.1 Å². The molecule has 3 aromatic rings. The smallest absolute Gasteiger partial charge is 0.284 e. The summed E-state index contributed by atoms with van der Waals surface area (Å²) in [5.74, 6) is 0.668. The topological polar surface area (TPSA) is 81.2 Å². The Morgan fingerprint density at radius 3 is 2.70 bits per heavy atom. The van der Waals surface area contributed by atoms with Crippen molar-refractivity contribution in [1.29, 1.82) is 0 Å². The van der Waals surface area contributed by atoms with Crippen LogP contribution in [0.3, 0.4) is 0 Å². The van der Waals surface area contributed by atoms with Gasteiger partial charge in [-0.3, -0.25) is 4.79 Å². The number of nitrogens with zero attached hydrogens (tertiary/aromatic N) is 2. The van der Waals surface area contributed by atoms with Crippen LogP contribution < -0.4 is 5.32 Å². The fourth-order valence-electron chi connectivity index (χ4n) is 1.84. The lowest BCUT2D eigenvalue weighted by Crippen LogP contribution is -2.22. The highest BCUT2D eigenvalue weighted by Gasteiger charge is 2.19. The van der Waals surface area contributed by atoms with Crippen LogP contribution in [-0.2, 0) is 4.79 Å². The maximum absolute atomic E-state index is 12.2. The second-order valence-electron chi connectivity index (χ2n) is 4.97. The second kappa shape index (κ2) is 6.70. The van der Waals surface area contributed by atoms with Gasteiger partial charge in [0.25, 0.3) is 11.1 Å². The van der Waals surface area contributed by atoms with Crippen molar-refractivity contribution >= 4 is 23.4 Å². The van der Waals surface area contributed by atoms with Crippen LogP contribution in [0.15, 0.2) is 56.7 Å². The first kappa shape index (κ1) is 15.4. The monoisotopic (exact) mass is 329 g/mol. The van der Waals surface area contributed by atoms with Gasteiger partial charge in [-0.1, -0.05) is 29.5 Å². The number of anilines is 1. The van der Waals surface area contributed by atoms with E-state index >= 15 is 0 Å². The van der Waals surface area contributed by atoms with Gasteiger partial charge in [0.15, 0.2) is 5.76 Å². The molecule has 0 saturated heterocycles. The van der Waals surface area contributed by atoms with Gasteiger partial charge in [0, 0.05) is 5.69 Å². The highest BCUT2D eigenvalue weighted by molar-refractivity contribution is 8.00. The molecule has 1 amide bonds. The fourth-order valence-corrected chi connectivity index (χ4v) is 2.53. The maximum atomic E-state index is 12.2. The Labute approximate surface area is 137 Å². The molecule has 3 rings (SSSR count). The van der Waals surface area contributed by atoms with Gasteiger partial charge in [-0.25, -0.2) is 0 Å². The van der Waals surface area contributed by atoms with Crippen LogP contribution in [0.5, 0.6) is 0 Å². The second-order valence-corrected chi connectivity index (χ2v) is 6.26.